The van der Waals surface area contributed by atoms with Gasteiger partial charge in [-0.05, 0) is 56.3 Å². The molecule has 24 heavy (non-hydrogen) atoms. The lowest BCUT2D eigenvalue weighted by molar-refractivity contribution is 0.627. The number of hydrogen-bond acceptors (Lipinski definition) is 3. The van der Waals surface area contributed by atoms with Gasteiger partial charge in [0, 0.05) is 0 Å². The van der Waals surface area contributed by atoms with Gasteiger partial charge in [-0.25, -0.2) is 9.07 Å². The van der Waals surface area contributed by atoms with Crippen LogP contribution >= 0.6 is 23.2 Å². The second-order valence-electron chi connectivity index (χ2n) is 5.21. The molecule has 0 amide bonds. The Morgan fingerprint density at radius 3 is 2.33 bits per heavy atom. The molecule has 1 heterocycles. The third-order valence-corrected chi connectivity index (χ3v) is 4.23. The molecule has 0 saturated carbocycles. The van der Waals surface area contributed by atoms with Crippen LogP contribution in [0.15, 0.2) is 52.7 Å². The normalized spacial score (nSPS) is 11.4. The van der Waals surface area contributed by atoms with Crippen LogP contribution in [0.4, 0.5) is 15.8 Å². The van der Waals surface area contributed by atoms with E-state index in [1.807, 2.05) is 13.8 Å². The predicted octanol–water partition coefficient (Wildman–Crippen LogP) is 6.35. The van der Waals surface area contributed by atoms with Crippen molar-refractivity contribution in [2.24, 2.45) is 10.2 Å². The van der Waals surface area contributed by atoms with Gasteiger partial charge in [0.15, 0.2) is 0 Å². The van der Waals surface area contributed by atoms with Crippen LogP contribution in [0.5, 0.6) is 0 Å². The number of halogens is 3. The molecule has 0 saturated heterocycles. The smallest absolute Gasteiger partial charge is 0.130 e. The van der Waals surface area contributed by atoms with E-state index in [2.05, 4.69) is 15.3 Å². The van der Waals surface area contributed by atoms with Crippen molar-refractivity contribution in [1.29, 1.82) is 0 Å². The first-order valence-corrected chi connectivity index (χ1v) is 7.90. The highest BCUT2D eigenvalue weighted by Crippen LogP contribution is 2.30. The van der Waals surface area contributed by atoms with Crippen molar-refractivity contribution in [3.63, 3.8) is 0 Å². The van der Waals surface area contributed by atoms with E-state index in [1.165, 1.54) is 12.1 Å². The Bertz CT molecular complexity index is 917. The standard InChI is InChI=1S/C17H13Cl2FN4/c1-10-17(22-21-13-5-8-15(18)16(19)9-13)11(2)24(23-10)14-6-3-12(20)4-7-14/h3-9H,1-2H3. The van der Waals surface area contributed by atoms with Gasteiger partial charge in [-0.2, -0.15) is 10.2 Å². The van der Waals surface area contributed by atoms with E-state index in [1.54, 1.807) is 35.0 Å². The number of aromatic nitrogens is 2. The zero-order valence-corrected chi connectivity index (χ0v) is 14.5. The first kappa shape index (κ1) is 16.6. The van der Waals surface area contributed by atoms with Crippen molar-refractivity contribution in [2.75, 3.05) is 0 Å². The first-order chi connectivity index (χ1) is 11.5. The highest BCUT2D eigenvalue weighted by molar-refractivity contribution is 6.42. The van der Waals surface area contributed by atoms with Gasteiger partial charge in [-0.3, -0.25) is 0 Å². The Hall–Kier alpha value is -2.24. The molecule has 3 aromatic rings. The number of benzene rings is 2. The second-order valence-corrected chi connectivity index (χ2v) is 6.02. The van der Waals surface area contributed by atoms with Gasteiger partial charge >= 0.3 is 0 Å². The predicted molar refractivity (Wildman–Crippen MR) is 93.6 cm³/mol. The summed E-state index contributed by atoms with van der Waals surface area (Å²) in [5.74, 6) is -0.292. The minimum absolute atomic E-state index is 0.292. The average molecular weight is 363 g/mol. The molecule has 3 rings (SSSR count). The Labute approximate surface area is 148 Å². The summed E-state index contributed by atoms with van der Waals surface area (Å²) >= 11 is 11.9. The third kappa shape index (κ3) is 3.32. The molecular weight excluding hydrogens is 350 g/mol. The Kier molecular flexibility index (Phi) is 4.64. The van der Waals surface area contributed by atoms with E-state index in [4.69, 9.17) is 23.2 Å². The van der Waals surface area contributed by atoms with Crippen LogP contribution in [0.3, 0.4) is 0 Å². The van der Waals surface area contributed by atoms with Gasteiger partial charge in [0.05, 0.1) is 32.8 Å². The molecule has 0 unspecified atom stereocenters. The largest absolute Gasteiger partial charge is 0.236 e. The molecule has 7 heteroatoms. The summed E-state index contributed by atoms with van der Waals surface area (Å²) in [6, 6.07) is 11.1. The molecule has 0 bridgehead atoms. The Balaban J connectivity index is 1.95. The van der Waals surface area contributed by atoms with Crippen molar-refractivity contribution in [3.05, 3.63) is 69.7 Å². The fourth-order valence-corrected chi connectivity index (χ4v) is 2.56. The van der Waals surface area contributed by atoms with Crippen LogP contribution in [0.1, 0.15) is 11.4 Å². The molecule has 1 aromatic heterocycles. The highest BCUT2D eigenvalue weighted by Gasteiger charge is 2.12. The Morgan fingerprint density at radius 2 is 1.67 bits per heavy atom. The lowest BCUT2D eigenvalue weighted by atomic mass is 10.3. The maximum Gasteiger partial charge on any atom is 0.130 e. The fraction of sp³-hybridized carbons (Fsp3) is 0.118. The van der Waals surface area contributed by atoms with E-state index >= 15 is 0 Å². The maximum absolute atomic E-state index is 13.1. The second kappa shape index (κ2) is 6.71. The molecule has 0 aliphatic carbocycles. The van der Waals surface area contributed by atoms with Crippen molar-refractivity contribution < 1.29 is 4.39 Å². The molecule has 122 valence electrons. The van der Waals surface area contributed by atoms with Crippen LogP contribution in [0, 0.1) is 19.7 Å². The van der Waals surface area contributed by atoms with Crippen LogP contribution in [-0.4, -0.2) is 9.78 Å². The van der Waals surface area contributed by atoms with E-state index < -0.39 is 0 Å². The monoisotopic (exact) mass is 362 g/mol. The molecular formula is C17H13Cl2FN4. The molecule has 0 N–H and O–H groups in total. The molecule has 0 radical (unpaired) electrons. The maximum atomic E-state index is 13.1. The van der Waals surface area contributed by atoms with Crippen LogP contribution < -0.4 is 0 Å². The van der Waals surface area contributed by atoms with Crippen molar-refractivity contribution in [1.82, 2.24) is 9.78 Å². The lowest BCUT2D eigenvalue weighted by Gasteiger charge is -2.03. The van der Waals surface area contributed by atoms with Gasteiger partial charge in [-0.1, -0.05) is 23.2 Å². The summed E-state index contributed by atoms with van der Waals surface area (Å²) < 4.78 is 14.8. The number of aryl methyl sites for hydroxylation is 1. The van der Waals surface area contributed by atoms with Gasteiger partial charge < -0.3 is 0 Å². The van der Waals surface area contributed by atoms with E-state index in [0.717, 1.165) is 17.1 Å². The topological polar surface area (TPSA) is 42.5 Å². The Morgan fingerprint density at radius 1 is 0.958 bits per heavy atom. The summed E-state index contributed by atoms with van der Waals surface area (Å²) in [4.78, 5) is 0. The van der Waals surface area contributed by atoms with Crippen molar-refractivity contribution in [2.45, 2.75) is 13.8 Å². The van der Waals surface area contributed by atoms with Gasteiger partial charge in [0.25, 0.3) is 0 Å². The highest BCUT2D eigenvalue weighted by atomic mass is 35.5. The third-order valence-electron chi connectivity index (χ3n) is 3.49. The van der Waals surface area contributed by atoms with Gasteiger partial charge in [0.2, 0.25) is 0 Å². The summed E-state index contributed by atoms with van der Waals surface area (Å²) in [5, 5.41) is 13.8. The minimum atomic E-state index is -0.292. The van der Waals surface area contributed by atoms with E-state index in [0.29, 0.717) is 21.4 Å². The van der Waals surface area contributed by atoms with Crippen molar-refractivity contribution in [3.8, 4) is 5.69 Å². The number of nitrogens with zero attached hydrogens (tertiary/aromatic N) is 4. The first-order valence-electron chi connectivity index (χ1n) is 7.14. The molecule has 0 atom stereocenters. The quantitative estimate of drug-likeness (QED) is 0.500. The molecule has 0 spiro atoms. The number of hydrogen-bond donors (Lipinski definition) is 0. The van der Waals surface area contributed by atoms with Crippen molar-refractivity contribution >= 4 is 34.6 Å². The van der Waals surface area contributed by atoms with Crippen LogP contribution in [-0.2, 0) is 0 Å². The summed E-state index contributed by atoms with van der Waals surface area (Å²) in [6.45, 7) is 3.72. The average Bonchev–Trinajstić information content (AvgIpc) is 2.84. The lowest BCUT2D eigenvalue weighted by Crippen LogP contribution is -1.98. The zero-order chi connectivity index (χ0) is 17.3. The summed E-state index contributed by atoms with van der Waals surface area (Å²) in [7, 11) is 0. The molecule has 0 fully saturated rings. The van der Waals surface area contributed by atoms with Gasteiger partial charge in [-0.15, -0.1) is 5.11 Å². The summed E-state index contributed by atoms with van der Waals surface area (Å²) in [6.07, 6.45) is 0. The fourth-order valence-electron chi connectivity index (χ4n) is 2.27. The zero-order valence-electron chi connectivity index (χ0n) is 13.0. The van der Waals surface area contributed by atoms with Crippen LogP contribution in [0.2, 0.25) is 10.0 Å². The number of azo groups is 1. The summed E-state index contributed by atoms with van der Waals surface area (Å²) in [5.41, 5.74) is 3.54. The van der Waals surface area contributed by atoms with E-state index in [9.17, 15) is 4.39 Å². The van der Waals surface area contributed by atoms with Crippen LogP contribution in [0.25, 0.3) is 5.69 Å². The minimum Gasteiger partial charge on any atom is -0.236 e. The SMILES string of the molecule is Cc1nn(-c2ccc(F)cc2)c(C)c1N=Nc1ccc(Cl)c(Cl)c1. The molecule has 0 aliphatic rings. The van der Waals surface area contributed by atoms with Gasteiger partial charge in [0.1, 0.15) is 11.5 Å². The molecule has 2 aromatic carbocycles. The molecule has 0 aliphatic heterocycles. The number of rotatable bonds is 3. The van der Waals surface area contributed by atoms with E-state index in [-0.39, 0.29) is 5.82 Å². The molecule has 4 nitrogen and oxygen atoms in total.